The predicted octanol–water partition coefficient (Wildman–Crippen LogP) is 2.42. The molecule has 1 aromatic rings. The Bertz CT molecular complexity index is 691. The van der Waals surface area contributed by atoms with Crippen LogP contribution < -0.4 is 9.62 Å². The van der Waals surface area contributed by atoms with Gasteiger partial charge >= 0.3 is 0 Å². The smallest absolute Gasteiger partial charge is 0.252 e. The molecule has 0 aromatic heterocycles. The molecule has 0 saturated carbocycles. The third kappa shape index (κ3) is 4.84. The first-order valence-electron chi connectivity index (χ1n) is 8.01. The molecule has 6 nitrogen and oxygen atoms in total. The van der Waals surface area contributed by atoms with E-state index in [1.807, 2.05) is 13.8 Å². The molecule has 24 heavy (non-hydrogen) atoms. The fraction of sp³-hybridized carbons (Fsp3) is 0.562. The van der Waals surface area contributed by atoms with Crippen LogP contribution in [0.3, 0.4) is 0 Å². The Hall–Kier alpha value is -1.31. The van der Waals surface area contributed by atoms with E-state index in [2.05, 4.69) is 5.32 Å². The zero-order valence-corrected chi connectivity index (χ0v) is 15.5. The number of carbonyl (C=O) groups excluding carboxylic acids is 1. The first-order valence-corrected chi connectivity index (χ1v) is 10.00. The fourth-order valence-electron chi connectivity index (χ4n) is 2.48. The molecule has 0 atom stereocenters. The van der Waals surface area contributed by atoms with Gasteiger partial charge in [0.25, 0.3) is 5.91 Å². The lowest BCUT2D eigenvalue weighted by atomic mass is 10.1. The number of anilines is 1. The molecule has 0 radical (unpaired) electrons. The monoisotopic (exact) mass is 374 g/mol. The van der Waals surface area contributed by atoms with Crippen LogP contribution in [0.15, 0.2) is 18.2 Å². The summed E-state index contributed by atoms with van der Waals surface area (Å²) >= 11 is 6.10. The molecule has 2 rings (SSSR count). The minimum atomic E-state index is -3.32. The van der Waals surface area contributed by atoms with Gasteiger partial charge in [0, 0.05) is 13.1 Å². The molecule has 1 heterocycles. The molecule has 1 saturated heterocycles. The average molecular weight is 375 g/mol. The van der Waals surface area contributed by atoms with Crippen LogP contribution in [0.25, 0.3) is 0 Å². The lowest BCUT2D eigenvalue weighted by molar-refractivity contribution is 0.0746. The van der Waals surface area contributed by atoms with E-state index in [0.717, 1.165) is 6.42 Å². The predicted molar refractivity (Wildman–Crippen MR) is 95.2 cm³/mol. The van der Waals surface area contributed by atoms with Crippen LogP contribution in [-0.4, -0.2) is 45.9 Å². The SMILES string of the molecule is CC(C)OCCNC(=O)c1cc(N2CCCCS2(=O)=O)ccc1Cl. The molecule has 1 amide bonds. The molecule has 0 bridgehead atoms. The minimum absolute atomic E-state index is 0.0955. The number of amides is 1. The summed E-state index contributed by atoms with van der Waals surface area (Å²) in [4.78, 5) is 12.3. The Morgan fingerprint density at radius 3 is 2.79 bits per heavy atom. The van der Waals surface area contributed by atoms with Gasteiger partial charge in [-0.3, -0.25) is 9.10 Å². The molecule has 8 heteroatoms. The molecule has 134 valence electrons. The van der Waals surface area contributed by atoms with Gasteiger partial charge in [0.05, 0.1) is 34.7 Å². The zero-order chi connectivity index (χ0) is 17.7. The normalized spacial score (nSPS) is 17.1. The van der Waals surface area contributed by atoms with Crippen molar-refractivity contribution in [1.82, 2.24) is 5.32 Å². The minimum Gasteiger partial charge on any atom is -0.377 e. The van der Waals surface area contributed by atoms with E-state index < -0.39 is 10.0 Å². The second-order valence-electron chi connectivity index (χ2n) is 5.93. The van der Waals surface area contributed by atoms with Crippen molar-refractivity contribution in [2.24, 2.45) is 0 Å². The summed E-state index contributed by atoms with van der Waals surface area (Å²) in [5, 5.41) is 3.02. The first-order chi connectivity index (χ1) is 11.3. The highest BCUT2D eigenvalue weighted by Gasteiger charge is 2.27. The number of carbonyl (C=O) groups is 1. The molecule has 1 aliphatic rings. The van der Waals surface area contributed by atoms with Crippen LogP contribution >= 0.6 is 11.6 Å². The zero-order valence-electron chi connectivity index (χ0n) is 13.9. The van der Waals surface area contributed by atoms with Crippen LogP contribution in [0, 0.1) is 0 Å². The van der Waals surface area contributed by atoms with Crippen molar-refractivity contribution >= 4 is 33.2 Å². The maximum atomic E-state index is 12.3. The number of halogens is 1. The van der Waals surface area contributed by atoms with Crippen LogP contribution in [0.4, 0.5) is 5.69 Å². The van der Waals surface area contributed by atoms with E-state index in [-0.39, 0.29) is 28.4 Å². The number of rotatable bonds is 6. The topological polar surface area (TPSA) is 75.7 Å². The van der Waals surface area contributed by atoms with E-state index in [1.54, 1.807) is 12.1 Å². The van der Waals surface area contributed by atoms with Gasteiger partial charge in [0.15, 0.2) is 0 Å². The van der Waals surface area contributed by atoms with Crippen molar-refractivity contribution < 1.29 is 17.9 Å². The van der Waals surface area contributed by atoms with Gasteiger partial charge in [-0.25, -0.2) is 8.42 Å². The molecule has 1 N–H and O–H groups in total. The molecule has 1 aliphatic heterocycles. The first kappa shape index (κ1) is 19.0. The van der Waals surface area contributed by atoms with Crippen LogP contribution in [0.5, 0.6) is 0 Å². The Balaban J connectivity index is 2.12. The van der Waals surface area contributed by atoms with E-state index >= 15 is 0 Å². The maximum Gasteiger partial charge on any atom is 0.252 e. The molecule has 0 aliphatic carbocycles. The van der Waals surface area contributed by atoms with E-state index in [0.29, 0.717) is 31.8 Å². The van der Waals surface area contributed by atoms with Gasteiger partial charge < -0.3 is 10.1 Å². The molecule has 0 unspecified atom stereocenters. The molecule has 1 aromatic carbocycles. The van der Waals surface area contributed by atoms with E-state index in [4.69, 9.17) is 16.3 Å². The number of hydrogen-bond acceptors (Lipinski definition) is 4. The standard InChI is InChI=1S/C16H23ClN2O4S/c1-12(2)23-9-7-18-16(20)14-11-13(5-6-15(14)17)19-8-3-4-10-24(19,21)22/h5-6,11-12H,3-4,7-10H2,1-2H3,(H,18,20). The highest BCUT2D eigenvalue weighted by molar-refractivity contribution is 7.92. The van der Waals surface area contributed by atoms with Crippen molar-refractivity contribution in [3.05, 3.63) is 28.8 Å². The fourth-order valence-corrected chi connectivity index (χ4v) is 4.31. The number of benzene rings is 1. The quantitative estimate of drug-likeness (QED) is 0.776. The molecular formula is C16H23ClN2O4S. The average Bonchev–Trinajstić information content (AvgIpc) is 2.51. The van der Waals surface area contributed by atoms with Crippen molar-refractivity contribution in [2.75, 3.05) is 29.8 Å². The summed E-state index contributed by atoms with van der Waals surface area (Å²) in [6, 6.07) is 4.72. The highest BCUT2D eigenvalue weighted by Crippen LogP contribution is 2.27. The Morgan fingerprint density at radius 2 is 2.12 bits per heavy atom. The summed E-state index contributed by atoms with van der Waals surface area (Å²) < 4.78 is 31.1. The number of ether oxygens (including phenoxy) is 1. The van der Waals surface area contributed by atoms with E-state index in [1.165, 1.54) is 10.4 Å². The Morgan fingerprint density at radius 1 is 1.38 bits per heavy atom. The summed E-state index contributed by atoms with van der Waals surface area (Å²) in [6.07, 6.45) is 1.56. The van der Waals surface area contributed by atoms with Gasteiger partial charge in [0.2, 0.25) is 10.0 Å². The van der Waals surface area contributed by atoms with Crippen LogP contribution in [0.2, 0.25) is 5.02 Å². The van der Waals surface area contributed by atoms with Crippen molar-refractivity contribution in [3.63, 3.8) is 0 Å². The van der Waals surface area contributed by atoms with Crippen LogP contribution in [0.1, 0.15) is 37.0 Å². The lowest BCUT2D eigenvalue weighted by Crippen LogP contribution is -2.38. The Kier molecular flexibility index (Phi) is 6.48. The number of sulfonamides is 1. The third-order valence-electron chi connectivity index (χ3n) is 3.67. The maximum absolute atomic E-state index is 12.3. The summed E-state index contributed by atoms with van der Waals surface area (Å²) in [7, 11) is -3.32. The highest BCUT2D eigenvalue weighted by atomic mass is 35.5. The largest absolute Gasteiger partial charge is 0.377 e. The summed E-state index contributed by atoms with van der Waals surface area (Å²) in [5.74, 6) is -0.215. The lowest BCUT2D eigenvalue weighted by Gasteiger charge is -2.28. The second kappa shape index (κ2) is 8.18. The molecule has 0 spiro atoms. The number of hydrogen-bond donors (Lipinski definition) is 1. The Labute approximate surface area is 148 Å². The number of nitrogens with zero attached hydrogens (tertiary/aromatic N) is 1. The van der Waals surface area contributed by atoms with Gasteiger partial charge in [-0.05, 0) is 44.9 Å². The van der Waals surface area contributed by atoms with Crippen LogP contribution in [-0.2, 0) is 14.8 Å². The van der Waals surface area contributed by atoms with Gasteiger partial charge in [0.1, 0.15) is 0 Å². The third-order valence-corrected chi connectivity index (χ3v) is 5.87. The van der Waals surface area contributed by atoms with Crippen molar-refractivity contribution in [2.45, 2.75) is 32.8 Å². The van der Waals surface area contributed by atoms with Gasteiger partial charge in [-0.15, -0.1) is 0 Å². The van der Waals surface area contributed by atoms with Crippen molar-refractivity contribution in [3.8, 4) is 0 Å². The molecular weight excluding hydrogens is 352 g/mol. The van der Waals surface area contributed by atoms with E-state index in [9.17, 15) is 13.2 Å². The summed E-state index contributed by atoms with van der Waals surface area (Å²) in [5.41, 5.74) is 0.738. The summed E-state index contributed by atoms with van der Waals surface area (Å²) in [6.45, 7) is 5.02. The second-order valence-corrected chi connectivity index (χ2v) is 8.35. The van der Waals surface area contributed by atoms with Crippen molar-refractivity contribution in [1.29, 1.82) is 0 Å². The van der Waals surface area contributed by atoms with Gasteiger partial charge in [-0.2, -0.15) is 0 Å². The number of nitrogens with one attached hydrogen (secondary N) is 1. The molecule has 1 fully saturated rings. The van der Waals surface area contributed by atoms with Gasteiger partial charge in [-0.1, -0.05) is 11.6 Å².